The molecule has 1 aromatic carbocycles. The minimum atomic E-state index is 0.553. The summed E-state index contributed by atoms with van der Waals surface area (Å²) in [7, 11) is 0. The van der Waals surface area contributed by atoms with Crippen LogP contribution in [0.3, 0.4) is 0 Å². The molecule has 1 heterocycles. The third kappa shape index (κ3) is 2.34. The average Bonchev–Trinajstić information content (AvgIpc) is 2.32. The first-order valence-corrected chi connectivity index (χ1v) is 4.96. The zero-order valence-corrected chi connectivity index (χ0v) is 8.60. The van der Waals surface area contributed by atoms with E-state index in [1.165, 1.54) is 0 Å². The van der Waals surface area contributed by atoms with Gasteiger partial charge in [0.2, 0.25) is 5.88 Å². The van der Waals surface area contributed by atoms with E-state index in [0.29, 0.717) is 12.5 Å². The lowest BCUT2D eigenvalue weighted by molar-refractivity contribution is 0.326. The Bertz CT molecular complexity index is 408. The van der Waals surface area contributed by atoms with Crippen molar-refractivity contribution in [1.82, 2.24) is 4.98 Å². The summed E-state index contributed by atoms with van der Waals surface area (Å²) in [6, 6.07) is 15.0. The second kappa shape index (κ2) is 4.60. The van der Waals surface area contributed by atoms with Crippen LogP contribution < -0.4 is 4.74 Å². The van der Waals surface area contributed by atoms with Crippen LogP contribution in [-0.2, 0) is 0 Å². The third-order valence-electron chi connectivity index (χ3n) is 2.06. The van der Waals surface area contributed by atoms with Crippen molar-refractivity contribution in [1.29, 1.82) is 0 Å². The monoisotopic (exact) mass is 198 g/mol. The Morgan fingerprint density at radius 1 is 1.20 bits per heavy atom. The van der Waals surface area contributed by atoms with Gasteiger partial charge in [0.1, 0.15) is 0 Å². The Morgan fingerprint density at radius 2 is 2.00 bits per heavy atom. The number of ether oxygens (including phenoxy) is 1. The molecule has 0 saturated carbocycles. The van der Waals surface area contributed by atoms with Gasteiger partial charge in [0.05, 0.1) is 6.61 Å². The van der Waals surface area contributed by atoms with Crippen LogP contribution >= 0.6 is 0 Å². The van der Waals surface area contributed by atoms with Gasteiger partial charge in [-0.15, -0.1) is 0 Å². The molecular formula is C13H12NO. The largest absolute Gasteiger partial charge is 0.478 e. The molecular weight excluding hydrogens is 186 g/mol. The fourth-order valence-corrected chi connectivity index (χ4v) is 1.35. The zero-order valence-electron chi connectivity index (χ0n) is 8.60. The van der Waals surface area contributed by atoms with Crippen LogP contribution in [-0.4, -0.2) is 11.6 Å². The van der Waals surface area contributed by atoms with Crippen LogP contribution in [0.2, 0.25) is 0 Å². The van der Waals surface area contributed by atoms with E-state index in [0.717, 1.165) is 11.1 Å². The highest BCUT2D eigenvalue weighted by Crippen LogP contribution is 2.19. The maximum Gasteiger partial charge on any atom is 0.221 e. The fourth-order valence-electron chi connectivity index (χ4n) is 1.35. The molecule has 0 spiro atoms. The van der Waals surface area contributed by atoms with E-state index >= 15 is 0 Å². The zero-order chi connectivity index (χ0) is 10.5. The van der Waals surface area contributed by atoms with Crippen LogP contribution in [0.15, 0.2) is 42.6 Å². The number of nitrogens with zero attached hydrogens (tertiary/aromatic N) is 1. The first-order chi connectivity index (χ1) is 7.40. The first-order valence-electron chi connectivity index (χ1n) is 4.96. The minimum Gasteiger partial charge on any atom is -0.478 e. The Hall–Kier alpha value is -1.83. The molecule has 0 N–H and O–H groups in total. The molecule has 2 nitrogen and oxygen atoms in total. The molecule has 15 heavy (non-hydrogen) atoms. The predicted octanol–water partition coefficient (Wildman–Crippen LogP) is 2.95. The lowest BCUT2D eigenvalue weighted by Gasteiger charge is -2.03. The molecule has 2 rings (SSSR count). The van der Waals surface area contributed by atoms with Gasteiger partial charge in [0.15, 0.2) is 0 Å². The molecule has 1 aromatic heterocycles. The van der Waals surface area contributed by atoms with Crippen molar-refractivity contribution in [3.63, 3.8) is 0 Å². The van der Waals surface area contributed by atoms with Crippen LogP contribution in [0, 0.1) is 6.07 Å². The van der Waals surface area contributed by atoms with E-state index in [9.17, 15) is 0 Å². The number of pyridine rings is 1. The molecule has 2 heteroatoms. The highest BCUT2D eigenvalue weighted by molar-refractivity contribution is 5.62. The lowest BCUT2D eigenvalue weighted by Crippen LogP contribution is -1.93. The molecule has 0 aliphatic rings. The van der Waals surface area contributed by atoms with Crippen molar-refractivity contribution in [3.8, 4) is 17.0 Å². The fraction of sp³-hybridized carbons (Fsp3) is 0.154. The van der Waals surface area contributed by atoms with Gasteiger partial charge in [0.25, 0.3) is 0 Å². The summed E-state index contributed by atoms with van der Waals surface area (Å²) < 4.78 is 5.23. The van der Waals surface area contributed by atoms with E-state index in [1.54, 1.807) is 6.20 Å². The smallest absolute Gasteiger partial charge is 0.221 e. The summed E-state index contributed by atoms with van der Waals surface area (Å²) in [5.74, 6) is 0.553. The van der Waals surface area contributed by atoms with Crippen LogP contribution in [0.1, 0.15) is 6.92 Å². The molecule has 0 aliphatic carbocycles. The number of benzene rings is 1. The van der Waals surface area contributed by atoms with Crippen LogP contribution in [0.4, 0.5) is 0 Å². The Labute approximate surface area is 89.6 Å². The normalized spacial score (nSPS) is 9.93. The van der Waals surface area contributed by atoms with Crippen molar-refractivity contribution in [2.24, 2.45) is 0 Å². The third-order valence-corrected chi connectivity index (χ3v) is 2.06. The van der Waals surface area contributed by atoms with Crippen molar-refractivity contribution < 1.29 is 4.74 Å². The Kier molecular flexibility index (Phi) is 2.98. The maximum absolute atomic E-state index is 5.23. The number of hydrogen-bond donors (Lipinski definition) is 0. The van der Waals surface area contributed by atoms with E-state index in [4.69, 9.17) is 4.74 Å². The van der Waals surface area contributed by atoms with E-state index in [2.05, 4.69) is 11.1 Å². The van der Waals surface area contributed by atoms with Crippen molar-refractivity contribution in [2.75, 3.05) is 6.61 Å². The molecule has 0 unspecified atom stereocenters. The molecule has 0 fully saturated rings. The average molecular weight is 198 g/mol. The van der Waals surface area contributed by atoms with Gasteiger partial charge < -0.3 is 4.74 Å². The highest BCUT2D eigenvalue weighted by atomic mass is 16.5. The quantitative estimate of drug-likeness (QED) is 0.756. The summed E-state index contributed by atoms with van der Waals surface area (Å²) in [6.07, 6.45) is 1.80. The summed E-state index contributed by atoms with van der Waals surface area (Å²) >= 11 is 0. The van der Waals surface area contributed by atoms with Gasteiger partial charge >= 0.3 is 0 Å². The van der Waals surface area contributed by atoms with Crippen molar-refractivity contribution in [2.45, 2.75) is 6.92 Å². The molecule has 0 aliphatic heterocycles. The molecule has 0 amide bonds. The number of hydrogen-bond acceptors (Lipinski definition) is 2. The van der Waals surface area contributed by atoms with E-state index in [1.807, 2.05) is 43.3 Å². The highest BCUT2D eigenvalue weighted by Gasteiger charge is 1.98. The lowest BCUT2D eigenvalue weighted by atomic mass is 10.1. The van der Waals surface area contributed by atoms with Gasteiger partial charge in [-0.1, -0.05) is 30.3 Å². The molecule has 0 atom stereocenters. The van der Waals surface area contributed by atoms with Gasteiger partial charge in [-0.25, -0.2) is 4.98 Å². The molecule has 0 saturated heterocycles. The molecule has 2 aromatic rings. The Morgan fingerprint density at radius 3 is 2.60 bits per heavy atom. The van der Waals surface area contributed by atoms with Gasteiger partial charge in [0, 0.05) is 17.8 Å². The van der Waals surface area contributed by atoms with Crippen LogP contribution in [0.25, 0.3) is 11.1 Å². The number of aromatic nitrogens is 1. The topological polar surface area (TPSA) is 22.1 Å². The Balaban J connectivity index is 2.24. The first kappa shape index (κ1) is 9.71. The second-order valence-electron chi connectivity index (χ2n) is 3.11. The number of rotatable bonds is 3. The van der Waals surface area contributed by atoms with E-state index < -0.39 is 0 Å². The van der Waals surface area contributed by atoms with Gasteiger partial charge in [-0.2, -0.15) is 0 Å². The molecule has 75 valence electrons. The second-order valence-corrected chi connectivity index (χ2v) is 3.11. The van der Waals surface area contributed by atoms with Gasteiger partial charge in [-0.3, -0.25) is 0 Å². The summed E-state index contributed by atoms with van der Waals surface area (Å²) in [5.41, 5.74) is 2.20. The molecule has 1 radical (unpaired) electrons. The maximum atomic E-state index is 5.23. The molecule has 0 bridgehead atoms. The van der Waals surface area contributed by atoms with Crippen molar-refractivity contribution in [3.05, 3.63) is 48.7 Å². The SMILES string of the molecule is CCOc1[c]cc(-c2ccccc2)cn1. The van der Waals surface area contributed by atoms with Crippen molar-refractivity contribution >= 4 is 0 Å². The predicted molar refractivity (Wildman–Crippen MR) is 59.7 cm³/mol. The summed E-state index contributed by atoms with van der Waals surface area (Å²) in [5, 5.41) is 0. The standard InChI is InChI=1S/C13H12NO/c1-2-15-13-9-8-12(10-14-13)11-6-4-3-5-7-11/h3-8,10H,2H2,1H3. The van der Waals surface area contributed by atoms with E-state index in [-0.39, 0.29) is 0 Å². The minimum absolute atomic E-state index is 0.553. The summed E-state index contributed by atoms with van der Waals surface area (Å²) in [6.45, 7) is 2.55. The van der Waals surface area contributed by atoms with Crippen LogP contribution in [0.5, 0.6) is 5.88 Å². The van der Waals surface area contributed by atoms with Gasteiger partial charge in [-0.05, 0) is 18.6 Å². The summed E-state index contributed by atoms with van der Waals surface area (Å²) in [4.78, 5) is 4.17.